The Kier molecular flexibility index (Phi) is 6.81. The molecule has 156 valence electrons. The van der Waals surface area contributed by atoms with E-state index >= 15 is 0 Å². The predicted octanol–water partition coefficient (Wildman–Crippen LogP) is 3.20. The van der Waals surface area contributed by atoms with Gasteiger partial charge in [-0.25, -0.2) is 22.0 Å². The first-order chi connectivity index (χ1) is 13.5. The van der Waals surface area contributed by atoms with Crippen LogP contribution in [0.5, 0.6) is 0 Å². The second kappa shape index (κ2) is 8.75. The van der Waals surface area contributed by atoms with Gasteiger partial charge in [0.05, 0.1) is 35.3 Å². The van der Waals surface area contributed by atoms with Crippen molar-refractivity contribution in [2.75, 3.05) is 23.0 Å². The average molecular weight is 447 g/mol. The lowest BCUT2D eigenvalue weighted by atomic mass is 10.2. The van der Waals surface area contributed by atoms with E-state index in [0.717, 1.165) is 18.4 Å². The number of carbonyl (C=O) groups excluding carboxylic acids is 2. The van der Waals surface area contributed by atoms with E-state index in [9.17, 15) is 26.8 Å². The van der Waals surface area contributed by atoms with Crippen molar-refractivity contribution < 1.29 is 31.5 Å². The fourth-order valence-corrected chi connectivity index (χ4v) is 3.87. The van der Waals surface area contributed by atoms with Gasteiger partial charge in [0.1, 0.15) is 6.04 Å². The zero-order valence-electron chi connectivity index (χ0n) is 15.6. The van der Waals surface area contributed by atoms with Gasteiger partial charge in [-0.2, -0.15) is 0 Å². The second-order valence-corrected chi connectivity index (χ2v) is 8.28. The molecule has 2 aromatic carbocycles. The maximum absolute atomic E-state index is 13.6. The highest BCUT2D eigenvalue weighted by atomic mass is 35.5. The summed E-state index contributed by atoms with van der Waals surface area (Å²) in [4.78, 5) is 24.3. The largest absolute Gasteiger partial charge is 0.465 e. The van der Waals surface area contributed by atoms with Crippen LogP contribution >= 0.6 is 11.6 Å². The zero-order chi connectivity index (χ0) is 21.9. The van der Waals surface area contributed by atoms with Crippen LogP contribution < -0.4 is 9.62 Å². The van der Waals surface area contributed by atoms with Crippen molar-refractivity contribution in [3.8, 4) is 0 Å². The second-order valence-electron chi connectivity index (χ2n) is 6.01. The highest BCUT2D eigenvalue weighted by Crippen LogP contribution is 2.26. The molecule has 0 bridgehead atoms. The third-order valence-electron chi connectivity index (χ3n) is 3.89. The smallest absolute Gasteiger partial charge is 0.337 e. The SMILES string of the molecule is COC(=O)c1ccc(Cl)c(NC(=O)[C@@H](C)N(c2ccc(F)c(F)c2)S(C)(=O)=O)c1. The van der Waals surface area contributed by atoms with E-state index in [1.807, 2.05) is 0 Å². The number of methoxy groups -OCH3 is 1. The fourth-order valence-electron chi connectivity index (χ4n) is 2.53. The van der Waals surface area contributed by atoms with Gasteiger partial charge in [-0.05, 0) is 37.3 Å². The molecule has 0 unspecified atom stereocenters. The normalized spacial score (nSPS) is 12.2. The lowest BCUT2D eigenvalue weighted by Crippen LogP contribution is -2.45. The van der Waals surface area contributed by atoms with Gasteiger partial charge in [0.25, 0.3) is 0 Å². The molecular formula is C18H17ClF2N2O5S. The lowest BCUT2D eigenvalue weighted by Gasteiger charge is -2.28. The van der Waals surface area contributed by atoms with E-state index in [2.05, 4.69) is 10.1 Å². The van der Waals surface area contributed by atoms with Crippen molar-refractivity contribution in [1.82, 2.24) is 0 Å². The van der Waals surface area contributed by atoms with Crippen LogP contribution in [0.25, 0.3) is 0 Å². The van der Waals surface area contributed by atoms with E-state index in [0.29, 0.717) is 10.4 Å². The Morgan fingerprint density at radius 2 is 1.79 bits per heavy atom. The van der Waals surface area contributed by atoms with E-state index < -0.39 is 39.6 Å². The molecule has 0 aliphatic heterocycles. The minimum atomic E-state index is -4.04. The van der Waals surface area contributed by atoms with Gasteiger partial charge in [-0.3, -0.25) is 9.10 Å². The fraction of sp³-hybridized carbons (Fsp3) is 0.222. The number of amides is 1. The van der Waals surface area contributed by atoms with Gasteiger partial charge in [0.2, 0.25) is 15.9 Å². The highest BCUT2D eigenvalue weighted by Gasteiger charge is 2.30. The molecule has 0 saturated carbocycles. The molecule has 11 heteroatoms. The Morgan fingerprint density at radius 3 is 2.34 bits per heavy atom. The molecule has 2 aromatic rings. The summed E-state index contributed by atoms with van der Waals surface area (Å²) in [5.74, 6) is -3.91. The molecule has 0 heterocycles. The Morgan fingerprint density at radius 1 is 1.14 bits per heavy atom. The number of anilines is 2. The number of hydrogen-bond acceptors (Lipinski definition) is 5. The summed E-state index contributed by atoms with van der Waals surface area (Å²) in [6, 6.07) is 5.12. The van der Waals surface area contributed by atoms with Crippen LogP contribution in [-0.4, -0.2) is 39.7 Å². The minimum absolute atomic E-state index is 0.0464. The average Bonchev–Trinajstić information content (AvgIpc) is 2.64. The third kappa shape index (κ3) is 5.21. The standard InChI is InChI=1S/C18H17ClF2N2O5S/c1-10(23(29(3,26)27)12-5-7-14(20)15(21)9-12)17(24)22-16-8-11(18(25)28-2)4-6-13(16)19/h4-10H,1-3H3,(H,22,24)/t10-/m1/s1. The topological polar surface area (TPSA) is 92.8 Å². The van der Waals surface area contributed by atoms with Crippen molar-refractivity contribution in [1.29, 1.82) is 0 Å². The molecule has 0 saturated heterocycles. The van der Waals surface area contributed by atoms with Crippen molar-refractivity contribution in [2.45, 2.75) is 13.0 Å². The lowest BCUT2D eigenvalue weighted by molar-refractivity contribution is -0.116. The molecule has 0 spiro atoms. The Balaban J connectivity index is 2.37. The number of esters is 1. The Labute approximate surface area is 171 Å². The number of halogens is 3. The molecule has 0 fully saturated rings. The first kappa shape index (κ1) is 22.6. The summed E-state index contributed by atoms with van der Waals surface area (Å²) in [6.07, 6.45) is 0.822. The molecule has 0 aromatic heterocycles. The summed E-state index contributed by atoms with van der Waals surface area (Å²) in [7, 11) is -2.86. The molecular weight excluding hydrogens is 430 g/mol. The van der Waals surface area contributed by atoms with Gasteiger partial charge in [0, 0.05) is 6.07 Å². The van der Waals surface area contributed by atoms with Crippen LogP contribution in [0, 0.1) is 11.6 Å². The number of nitrogens with one attached hydrogen (secondary N) is 1. The van der Waals surface area contributed by atoms with Gasteiger partial charge in [-0.15, -0.1) is 0 Å². The summed E-state index contributed by atoms with van der Waals surface area (Å²) in [6.45, 7) is 1.26. The van der Waals surface area contributed by atoms with Crippen molar-refractivity contribution in [3.05, 3.63) is 58.6 Å². The van der Waals surface area contributed by atoms with Crippen LogP contribution in [0.1, 0.15) is 17.3 Å². The van der Waals surface area contributed by atoms with Crippen LogP contribution in [0.2, 0.25) is 5.02 Å². The number of carbonyl (C=O) groups is 2. The first-order valence-electron chi connectivity index (χ1n) is 8.09. The van der Waals surface area contributed by atoms with E-state index in [-0.39, 0.29) is 22.0 Å². The summed E-state index contributed by atoms with van der Waals surface area (Å²) in [5.41, 5.74) is -0.0750. The first-order valence-corrected chi connectivity index (χ1v) is 10.3. The summed E-state index contributed by atoms with van der Waals surface area (Å²) >= 11 is 6.03. The molecule has 1 amide bonds. The number of rotatable bonds is 6. The number of sulfonamides is 1. The molecule has 1 N–H and O–H groups in total. The molecule has 7 nitrogen and oxygen atoms in total. The van der Waals surface area contributed by atoms with E-state index in [1.165, 1.54) is 32.2 Å². The summed E-state index contributed by atoms with van der Waals surface area (Å²) < 4.78 is 56.5. The van der Waals surface area contributed by atoms with Crippen LogP contribution in [-0.2, 0) is 19.6 Å². The van der Waals surface area contributed by atoms with Crippen molar-refractivity contribution in [2.24, 2.45) is 0 Å². The van der Waals surface area contributed by atoms with Crippen LogP contribution in [0.3, 0.4) is 0 Å². The monoisotopic (exact) mass is 446 g/mol. The number of nitrogens with zero attached hydrogens (tertiary/aromatic N) is 1. The quantitative estimate of drug-likeness (QED) is 0.688. The molecule has 0 radical (unpaired) electrons. The number of benzene rings is 2. The van der Waals surface area contributed by atoms with E-state index in [1.54, 1.807) is 0 Å². The predicted molar refractivity (Wildman–Crippen MR) is 105 cm³/mol. The molecule has 2 rings (SSSR count). The maximum atomic E-state index is 13.6. The maximum Gasteiger partial charge on any atom is 0.337 e. The van der Waals surface area contributed by atoms with Gasteiger partial charge in [-0.1, -0.05) is 11.6 Å². The molecule has 0 aliphatic rings. The molecule has 1 atom stereocenters. The van der Waals surface area contributed by atoms with Gasteiger partial charge >= 0.3 is 5.97 Å². The molecule has 0 aliphatic carbocycles. The van der Waals surface area contributed by atoms with E-state index in [4.69, 9.17) is 11.6 Å². The number of hydrogen-bond donors (Lipinski definition) is 1. The van der Waals surface area contributed by atoms with Crippen LogP contribution in [0.15, 0.2) is 36.4 Å². The molecule has 29 heavy (non-hydrogen) atoms. The van der Waals surface area contributed by atoms with Crippen LogP contribution in [0.4, 0.5) is 20.2 Å². The van der Waals surface area contributed by atoms with Crippen molar-refractivity contribution >= 4 is 44.9 Å². The van der Waals surface area contributed by atoms with Gasteiger partial charge in [0.15, 0.2) is 11.6 Å². The Bertz CT molecular complexity index is 1060. The highest BCUT2D eigenvalue weighted by molar-refractivity contribution is 7.92. The van der Waals surface area contributed by atoms with Crippen molar-refractivity contribution in [3.63, 3.8) is 0 Å². The Hall–Kier alpha value is -2.72. The van der Waals surface area contributed by atoms with Gasteiger partial charge < -0.3 is 10.1 Å². The summed E-state index contributed by atoms with van der Waals surface area (Å²) in [5, 5.41) is 2.52. The minimum Gasteiger partial charge on any atom is -0.465 e. The zero-order valence-corrected chi connectivity index (χ0v) is 17.1. The number of ether oxygens (including phenoxy) is 1. The third-order valence-corrected chi connectivity index (χ3v) is 5.46.